The number of thiazole rings is 1. The van der Waals surface area contributed by atoms with Crippen molar-refractivity contribution in [3.05, 3.63) is 103 Å². The molecule has 0 aliphatic carbocycles. The van der Waals surface area contributed by atoms with Crippen LogP contribution in [0.4, 0.5) is 5.13 Å². The molecule has 1 heterocycles. The third kappa shape index (κ3) is 5.95. The van der Waals surface area contributed by atoms with Crippen LogP contribution in [0.15, 0.2) is 81.7 Å². The normalized spacial score (nSPS) is 10.8. The van der Waals surface area contributed by atoms with Crippen LogP contribution >= 0.6 is 43.2 Å². The predicted molar refractivity (Wildman–Crippen MR) is 148 cm³/mol. The first-order chi connectivity index (χ1) is 16.4. The molecule has 0 aliphatic heterocycles. The number of halogens is 2. The third-order valence-electron chi connectivity index (χ3n) is 5.42. The fraction of sp³-hybridized carbons (Fsp3) is 0.185. The summed E-state index contributed by atoms with van der Waals surface area (Å²) in [4.78, 5) is 20.7. The highest BCUT2D eigenvalue weighted by Gasteiger charge is 2.18. The fourth-order valence-corrected chi connectivity index (χ4v) is 5.26. The Balaban J connectivity index is 1.65. The van der Waals surface area contributed by atoms with Crippen LogP contribution in [0, 0.1) is 6.92 Å². The lowest BCUT2D eigenvalue weighted by Crippen LogP contribution is -2.23. The number of nitrogens with one attached hydrogen (secondary N) is 1. The van der Waals surface area contributed by atoms with Gasteiger partial charge in [0.15, 0.2) is 5.13 Å². The van der Waals surface area contributed by atoms with Gasteiger partial charge in [-0.1, -0.05) is 74.3 Å². The van der Waals surface area contributed by atoms with Crippen LogP contribution < -0.4 is 10.2 Å². The van der Waals surface area contributed by atoms with Crippen LogP contribution in [-0.2, 0) is 13.1 Å². The molecule has 4 aromatic rings. The first-order valence-electron chi connectivity index (χ1n) is 11.0. The van der Waals surface area contributed by atoms with Gasteiger partial charge in [0.05, 0.1) is 5.69 Å². The molecule has 0 aliphatic rings. The molecule has 0 saturated carbocycles. The topological polar surface area (TPSA) is 45.2 Å². The molecular formula is C27H25Br2N3OS. The third-order valence-corrected chi connectivity index (χ3v) is 7.75. The number of benzene rings is 3. The minimum absolute atomic E-state index is 0.0474. The molecular weight excluding hydrogens is 574 g/mol. The Kier molecular flexibility index (Phi) is 8.19. The Morgan fingerprint density at radius 1 is 0.971 bits per heavy atom. The van der Waals surface area contributed by atoms with Crippen LogP contribution in [0.25, 0.3) is 11.3 Å². The number of hydrogen-bond acceptors (Lipinski definition) is 4. The van der Waals surface area contributed by atoms with Gasteiger partial charge in [0.1, 0.15) is 0 Å². The number of aromatic nitrogens is 1. The summed E-state index contributed by atoms with van der Waals surface area (Å²) in [5, 5.41) is 3.82. The number of amides is 1. The number of carbonyl (C=O) groups is 1. The maximum atomic E-state index is 12.1. The maximum Gasteiger partial charge on any atom is 0.251 e. The molecule has 4 rings (SSSR count). The van der Waals surface area contributed by atoms with Crippen molar-refractivity contribution in [2.45, 2.75) is 26.9 Å². The predicted octanol–water partition coefficient (Wildman–Crippen LogP) is 7.60. The molecule has 1 amide bonds. The summed E-state index contributed by atoms with van der Waals surface area (Å²) in [6.07, 6.45) is 0. The summed E-state index contributed by atoms with van der Waals surface area (Å²) in [6, 6.07) is 24.4. The molecule has 0 unspecified atom stereocenters. The standard InChI is InChI=1S/C27H25Br2N3OS/c1-3-30-26(33)21-10-8-19(9-11-21)16-32(17-22-6-4-5-7-24(22)29)27-31-25(18(2)34-27)20-12-14-23(28)15-13-20/h4-15H,3,16-17H2,1-2H3,(H,30,33). The monoisotopic (exact) mass is 597 g/mol. The summed E-state index contributed by atoms with van der Waals surface area (Å²) in [5.41, 5.74) is 5.11. The van der Waals surface area contributed by atoms with E-state index in [1.807, 2.05) is 49.4 Å². The van der Waals surface area contributed by atoms with E-state index in [2.05, 4.69) is 79.3 Å². The number of hydrogen-bond donors (Lipinski definition) is 1. The lowest BCUT2D eigenvalue weighted by atomic mass is 10.1. The number of rotatable bonds is 8. The van der Waals surface area contributed by atoms with Gasteiger partial charge in [0.2, 0.25) is 0 Å². The van der Waals surface area contributed by atoms with Crippen LogP contribution in [-0.4, -0.2) is 17.4 Å². The van der Waals surface area contributed by atoms with Gasteiger partial charge in [-0.05, 0) is 55.3 Å². The molecule has 1 N–H and O–H groups in total. The van der Waals surface area contributed by atoms with Gasteiger partial charge in [-0.3, -0.25) is 4.79 Å². The van der Waals surface area contributed by atoms with Gasteiger partial charge in [-0.2, -0.15) is 0 Å². The van der Waals surface area contributed by atoms with Crippen molar-refractivity contribution in [2.24, 2.45) is 0 Å². The SMILES string of the molecule is CCNC(=O)c1ccc(CN(Cc2ccccc2Br)c2nc(-c3ccc(Br)cc3)c(C)s2)cc1. The second-order valence-electron chi connectivity index (χ2n) is 7.91. The second-order valence-corrected chi connectivity index (χ2v) is 10.9. The van der Waals surface area contributed by atoms with Crippen molar-refractivity contribution >= 4 is 54.2 Å². The highest BCUT2D eigenvalue weighted by molar-refractivity contribution is 9.10. The average Bonchev–Trinajstić information content (AvgIpc) is 3.22. The molecule has 34 heavy (non-hydrogen) atoms. The molecule has 174 valence electrons. The average molecular weight is 599 g/mol. The fourth-order valence-electron chi connectivity index (χ4n) is 3.66. The number of anilines is 1. The van der Waals surface area contributed by atoms with Crippen molar-refractivity contribution in [2.75, 3.05) is 11.4 Å². The Morgan fingerprint density at radius 2 is 1.68 bits per heavy atom. The molecule has 0 spiro atoms. The van der Waals surface area contributed by atoms with Crippen LogP contribution in [0.3, 0.4) is 0 Å². The van der Waals surface area contributed by atoms with E-state index in [1.165, 1.54) is 10.4 Å². The minimum atomic E-state index is -0.0474. The smallest absolute Gasteiger partial charge is 0.251 e. The lowest BCUT2D eigenvalue weighted by molar-refractivity contribution is 0.0956. The number of carbonyl (C=O) groups excluding carboxylic acids is 1. The van der Waals surface area contributed by atoms with Crippen LogP contribution in [0.1, 0.15) is 33.3 Å². The van der Waals surface area contributed by atoms with Crippen molar-refractivity contribution in [1.82, 2.24) is 10.3 Å². The molecule has 7 heteroatoms. The van der Waals surface area contributed by atoms with Crippen LogP contribution in [0.2, 0.25) is 0 Å². The first-order valence-corrected chi connectivity index (χ1v) is 13.4. The molecule has 3 aromatic carbocycles. The van der Waals surface area contributed by atoms with E-state index >= 15 is 0 Å². The highest BCUT2D eigenvalue weighted by Crippen LogP contribution is 2.35. The lowest BCUT2D eigenvalue weighted by Gasteiger charge is -2.23. The van der Waals surface area contributed by atoms with Gasteiger partial charge >= 0.3 is 0 Å². The van der Waals surface area contributed by atoms with Gasteiger partial charge in [-0.25, -0.2) is 4.98 Å². The van der Waals surface area contributed by atoms with E-state index in [9.17, 15) is 4.79 Å². The second kappa shape index (κ2) is 11.3. The zero-order chi connectivity index (χ0) is 24.1. The van der Waals surface area contributed by atoms with Crippen molar-refractivity contribution < 1.29 is 4.79 Å². The molecule has 0 fully saturated rings. The van der Waals surface area contributed by atoms with Gasteiger partial charge in [0, 0.05) is 44.6 Å². The van der Waals surface area contributed by atoms with Gasteiger partial charge < -0.3 is 10.2 Å². The number of aryl methyl sites for hydroxylation is 1. The van der Waals surface area contributed by atoms with E-state index in [0.717, 1.165) is 30.9 Å². The highest BCUT2D eigenvalue weighted by atomic mass is 79.9. The van der Waals surface area contributed by atoms with Crippen molar-refractivity contribution in [3.63, 3.8) is 0 Å². The maximum absolute atomic E-state index is 12.1. The van der Waals surface area contributed by atoms with Crippen molar-refractivity contribution in [3.8, 4) is 11.3 Å². The van der Waals surface area contributed by atoms with Crippen molar-refractivity contribution in [1.29, 1.82) is 0 Å². The summed E-state index contributed by atoms with van der Waals surface area (Å²) in [5.74, 6) is -0.0474. The summed E-state index contributed by atoms with van der Waals surface area (Å²) in [7, 11) is 0. The molecule has 0 radical (unpaired) electrons. The zero-order valence-corrected chi connectivity index (χ0v) is 23.0. The quantitative estimate of drug-likeness (QED) is 0.227. The van der Waals surface area contributed by atoms with Gasteiger partial charge in [0.25, 0.3) is 5.91 Å². The summed E-state index contributed by atoms with van der Waals surface area (Å²) < 4.78 is 2.13. The van der Waals surface area contributed by atoms with E-state index in [4.69, 9.17) is 4.98 Å². The zero-order valence-electron chi connectivity index (χ0n) is 19.0. The number of nitrogens with zero attached hydrogens (tertiary/aromatic N) is 2. The summed E-state index contributed by atoms with van der Waals surface area (Å²) in [6.45, 7) is 6.06. The Labute approximate surface area is 221 Å². The molecule has 0 bridgehead atoms. The Bertz CT molecular complexity index is 1270. The first kappa shape index (κ1) is 24.6. The summed E-state index contributed by atoms with van der Waals surface area (Å²) >= 11 is 8.91. The Hall–Kier alpha value is -2.48. The van der Waals surface area contributed by atoms with E-state index in [-0.39, 0.29) is 5.91 Å². The molecule has 4 nitrogen and oxygen atoms in total. The van der Waals surface area contributed by atoms with Gasteiger partial charge in [-0.15, -0.1) is 11.3 Å². The van der Waals surface area contributed by atoms with E-state index in [1.54, 1.807) is 11.3 Å². The minimum Gasteiger partial charge on any atom is -0.352 e. The van der Waals surface area contributed by atoms with Crippen LogP contribution in [0.5, 0.6) is 0 Å². The molecule has 0 saturated heterocycles. The largest absolute Gasteiger partial charge is 0.352 e. The molecule has 1 aromatic heterocycles. The van der Waals surface area contributed by atoms with E-state index < -0.39 is 0 Å². The van der Waals surface area contributed by atoms with E-state index in [0.29, 0.717) is 25.2 Å². The Morgan fingerprint density at radius 3 is 2.35 bits per heavy atom. The molecule has 0 atom stereocenters.